The number of aromatic nitrogens is 4. The second-order valence-corrected chi connectivity index (χ2v) is 8.76. The fourth-order valence-corrected chi connectivity index (χ4v) is 4.27. The van der Waals surface area contributed by atoms with Crippen molar-refractivity contribution in [2.24, 2.45) is 0 Å². The monoisotopic (exact) mass is 498 g/mol. The summed E-state index contributed by atoms with van der Waals surface area (Å²) in [5, 5.41) is 6.39. The van der Waals surface area contributed by atoms with E-state index < -0.39 is 24.2 Å². The molecule has 3 aromatic heterocycles. The molecular weight excluding hydrogens is 473 g/mol. The van der Waals surface area contributed by atoms with Gasteiger partial charge in [-0.3, -0.25) is 9.48 Å². The summed E-state index contributed by atoms with van der Waals surface area (Å²) in [6.07, 6.45) is 5.26. The van der Waals surface area contributed by atoms with Crippen LogP contribution >= 0.6 is 0 Å². The van der Waals surface area contributed by atoms with Crippen LogP contribution in [0.5, 0.6) is 0 Å². The summed E-state index contributed by atoms with van der Waals surface area (Å²) < 4.78 is 49.2. The lowest BCUT2D eigenvalue weighted by Gasteiger charge is -2.29. The maximum absolute atomic E-state index is 14.9. The van der Waals surface area contributed by atoms with Gasteiger partial charge in [0.05, 0.1) is 36.3 Å². The Morgan fingerprint density at radius 1 is 1.17 bits per heavy atom. The fourth-order valence-electron chi connectivity index (χ4n) is 4.27. The van der Waals surface area contributed by atoms with Crippen molar-refractivity contribution in [2.75, 3.05) is 36.5 Å². The van der Waals surface area contributed by atoms with Crippen LogP contribution in [-0.4, -0.2) is 57.8 Å². The van der Waals surface area contributed by atoms with E-state index in [1.165, 1.54) is 25.4 Å². The molecule has 1 fully saturated rings. The number of fused-ring (bicyclic) bond motifs is 1. The number of nitrogens with zero attached hydrogens (tertiary/aromatic N) is 5. The number of amides is 1. The highest BCUT2D eigenvalue weighted by molar-refractivity contribution is 6.04. The molecule has 11 heteroatoms. The molecule has 0 radical (unpaired) electrons. The van der Waals surface area contributed by atoms with E-state index in [4.69, 9.17) is 4.74 Å². The Bertz CT molecular complexity index is 1410. The highest BCUT2D eigenvalue weighted by Gasteiger charge is 2.21. The number of halogens is 3. The third-order valence-corrected chi connectivity index (χ3v) is 6.34. The number of alkyl halides is 2. The smallest absolute Gasteiger partial charge is 0.260 e. The number of carbonyl (C=O) groups is 1. The number of morpholine rings is 1. The highest BCUT2D eigenvalue weighted by atomic mass is 19.3. The molecule has 8 nitrogen and oxygen atoms in total. The van der Waals surface area contributed by atoms with Crippen molar-refractivity contribution in [2.45, 2.75) is 26.3 Å². The first-order chi connectivity index (χ1) is 17.3. The average Bonchev–Trinajstić information content (AvgIpc) is 3.55. The number of hydrogen-bond donors (Lipinski definition) is 1. The van der Waals surface area contributed by atoms with Crippen molar-refractivity contribution in [3.63, 3.8) is 0 Å². The molecular formula is C25H25F3N6O2. The fraction of sp³-hybridized carbons (Fsp3) is 0.320. The summed E-state index contributed by atoms with van der Waals surface area (Å²) >= 11 is 0. The quantitative estimate of drug-likeness (QED) is 0.422. The van der Waals surface area contributed by atoms with Crippen LogP contribution in [0.3, 0.4) is 0 Å². The zero-order valence-corrected chi connectivity index (χ0v) is 19.8. The minimum absolute atomic E-state index is 0.0195. The topological polar surface area (TPSA) is 76.7 Å². The third-order valence-electron chi connectivity index (χ3n) is 6.34. The molecule has 1 N–H and O–H groups in total. The molecule has 4 aromatic rings. The van der Waals surface area contributed by atoms with E-state index in [1.807, 2.05) is 22.9 Å². The van der Waals surface area contributed by atoms with E-state index in [0.717, 1.165) is 40.2 Å². The van der Waals surface area contributed by atoms with Gasteiger partial charge in [0.15, 0.2) is 5.65 Å². The maximum Gasteiger partial charge on any atom is 0.260 e. The lowest BCUT2D eigenvalue weighted by atomic mass is 10.00. The van der Waals surface area contributed by atoms with Gasteiger partial charge in [0, 0.05) is 43.4 Å². The molecule has 5 rings (SSSR count). The van der Waals surface area contributed by atoms with Gasteiger partial charge in [-0.1, -0.05) is 0 Å². The highest BCUT2D eigenvalue weighted by Crippen LogP contribution is 2.33. The molecule has 1 aliphatic heterocycles. The van der Waals surface area contributed by atoms with Crippen LogP contribution in [0.25, 0.3) is 16.8 Å². The molecule has 1 unspecified atom stereocenters. The minimum Gasteiger partial charge on any atom is -0.378 e. The molecule has 4 heterocycles. The van der Waals surface area contributed by atoms with Crippen molar-refractivity contribution in [3.05, 3.63) is 66.1 Å². The minimum atomic E-state index is -2.63. The molecule has 1 atom stereocenters. The Hall–Kier alpha value is -3.86. The van der Waals surface area contributed by atoms with Gasteiger partial charge in [0.25, 0.3) is 12.3 Å². The molecule has 1 amide bonds. The van der Waals surface area contributed by atoms with Gasteiger partial charge < -0.3 is 19.4 Å². The lowest BCUT2D eigenvalue weighted by molar-refractivity contribution is 0.0852. The Kier molecular flexibility index (Phi) is 6.40. The number of aryl methyl sites for hydroxylation is 1. The van der Waals surface area contributed by atoms with Crippen LogP contribution in [0, 0.1) is 12.7 Å². The molecule has 1 aromatic carbocycles. The van der Waals surface area contributed by atoms with Crippen molar-refractivity contribution in [3.8, 4) is 11.1 Å². The number of imidazole rings is 1. The largest absolute Gasteiger partial charge is 0.378 e. The van der Waals surface area contributed by atoms with E-state index in [1.54, 1.807) is 19.2 Å². The van der Waals surface area contributed by atoms with E-state index >= 15 is 0 Å². The van der Waals surface area contributed by atoms with Gasteiger partial charge in [0.1, 0.15) is 11.9 Å². The molecule has 1 saturated heterocycles. The predicted molar refractivity (Wildman–Crippen MR) is 129 cm³/mol. The van der Waals surface area contributed by atoms with Gasteiger partial charge in [-0.05, 0) is 43.2 Å². The van der Waals surface area contributed by atoms with Crippen LogP contribution in [0.1, 0.15) is 28.9 Å². The van der Waals surface area contributed by atoms with Gasteiger partial charge in [0.2, 0.25) is 0 Å². The zero-order chi connectivity index (χ0) is 25.4. The third kappa shape index (κ3) is 4.53. The molecule has 0 aliphatic carbocycles. The summed E-state index contributed by atoms with van der Waals surface area (Å²) in [5.41, 5.74) is 4.04. The average molecular weight is 499 g/mol. The molecule has 0 bridgehead atoms. The molecule has 0 spiro atoms. The second kappa shape index (κ2) is 9.65. The zero-order valence-electron chi connectivity index (χ0n) is 19.8. The van der Waals surface area contributed by atoms with E-state index in [2.05, 4.69) is 20.3 Å². The number of rotatable bonds is 6. The van der Waals surface area contributed by atoms with Gasteiger partial charge in [-0.2, -0.15) is 5.10 Å². The molecule has 36 heavy (non-hydrogen) atoms. The summed E-state index contributed by atoms with van der Waals surface area (Å²) in [5.74, 6) is -1.24. The van der Waals surface area contributed by atoms with Gasteiger partial charge in [-0.15, -0.1) is 0 Å². The lowest BCUT2D eigenvalue weighted by Crippen LogP contribution is -2.36. The predicted octanol–water partition coefficient (Wildman–Crippen LogP) is 4.56. The molecule has 188 valence electrons. The summed E-state index contributed by atoms with van der Waals surface area (Å²) in [6.45, 7) is 5.80. The van der Waals surface area contributed by atoms with Crippen molar-refractivity contribution in [1.82, 2.24) is 19.2 Å². The van der Waals surface area contributed by atoms with E-state index in [-0.39, 0.29) is 11.3 Å². The number of carbonyl (C=O) groups excluding carboxylic acids is 1. The van der Waals surface area contributed by atoms with Crippen LogP contribution < -0.4 is 10.2 Å². The Balaban J connectivity index is 1.48. The first-order valence-electron chi connectivity index (χ1n) is 11.6. The molecule has 1 aliphatic rings. The number of ether oxygens (including phenoxy) is 1. The number of benzene rings is 1. The Morgan fingerprint density at radius 3 is 2.69 bits per heavy atom. The number of pyridine rings is 1. The van der Waals surface area contributed by atoms with Gasteiger partial charge in [-0.25, -0.2) is 18.2 Å². The first-order valence-corrected chi connectivity index (χ1v) is 11.6. The number of nitrogens with one attached hydrogen (secondary N) is 1. The van der Waals surface area contributed by atoms with Crippen LogP contribution in [0.4, 0.5) is 24.5 Å². The van der Waals surface area contributed by atoms with Crippen molar-refractivity contribution in [1.29, 1.82) is 0 Å². The first kappa shape index (κ1) is 23.9. The van der Waals surface area contributed by atoms with E-state index in [9.17, 15) is 18.0 Å². The summed E-state index contributed by atoms with van der Waals surface area (Å²) in [6, 6.07) is 3.76. The Morgan fingerprint density at radius 2 is 1.94 bits per heavy atom. The van der Waals surface area contributed by atoms with Gasteiger partial charge >= 0.3 is 0 Å². The number of hydrogen-bond acceptors (Lipinski definition) is 5. The van der Waals surface area contributed by atoms with Crippen LogP contribution in [0.2, 0.25) is 0 Å². The normalized spacial score (nSPS) is 15.0. The number of anilines is 2. The molecule has 0 saturated carbocycles. The summed E-state index contributed by atoms with van der Waals surface area (Å²) in [7, 11) is 0. The van der Waals surface area contributed by atoms with Crippen molar-refractivity contribution >= 4 is 22.9 Å². The summed E-state index contributed by atoms with van der Waals surface area (Å²) in [4.78, 5) is 19.4. The van der Waals surface area contributed by atoms with Crippen LogP contribution in [0.15, 0.2) is 49.2 Å². The van der Waals surface area contributed by atoms with E-state index in [0.29, 0.717) is 18.8 Å². The SMILES string of the molecule is Cc1cc(F)c(NC(=O)c2cnn(C(C)C(F)F)c2)cc1-c1cc(N2CCOCC2)c2nccn2c1. The van der Waals surface area contributed by atoms with Crippen LogP contribution in [-0.2, 0) is 4.74 Å². The second-order valence-electron chi connectivity index (χ2n) is 8.76. The standard InChI is InChI=1S/C25H25F3N6O2/c1-15-9-20(26)21(31-25(35)18-12-30-34(14-18)16(2)23(27)28)11-19(15)17-10-22(32-5-7-36-8-6-32)24-29-3-4-33(24)13-17/h3-4,9-14,16,23H,5-8H2,1-2H3,(H,31,35). The van der Waals surface area contributed by atoms with Crippen molar-refractivity contribution < 1.29 is 22.7 Å². The Labute approximate surface area is 205 Å². The maximum atomic E-state index is 14.9.